The van der Waals surface area contributed by atoms with Gasteiger partial charge in [-0.25, -0.2) is 0 Å². The molecule has 0 unspecified atom stereocenters. The monoisotopic (exact) mass is 264 g/mol. The van der Waals surface area contributed by atoms with Gasteiger partial charge in [0.25, 0.3) is 0 Å². The largest absolute Gasteiger partial charge is 0.496 e. The number of methoxy groups -OCH3 is 1. The van der Waals surface area contributed by atoms with Crippen LogP contribution in [0.25, 0.3) is 0 Å². The molecule has 0 fully saturated rings. The Kier molecular flexibility index (Phi) is 6.89. The Morgan fingerprint density at radius 2 is 1.84 bits per heavy atom. The normalized spacial score (nSPS) is 11.3. The number of rotatable bonds is 8. The summed E-state index contributed by atoms with van der Waals surface area (Å²) >= 11 is 0. The zero-order valence-corrected chi connectivity index (χ0v) is 12.9. The molecule has 0 aromatic heterocycles. The summed E-state index contributed by atoms with van der Waals surface area (Å²) in [7, 11) is 1.73. The second-order valence-electron chi connectivity index (χ2n) is 5.52. The molecule has 0 atom stereocenters. The Bertz CT molecular complexity index is 375. The molecule has 0 aliphatic heterocycles. The van der Waals surface area contributed by atoms with E-state index in [2.05, 4.69) is 56.5 Å². The zero-order chi connectivity index (χ0) is 14.3. The van der Waals surface area contributed by atoms with E-state index in [1.807, 2.05) is 0 Å². The molecule has 3 heteroatoms. The molecule has 0 aliphatic carbocycles. The highest BCUT2D eigenvalue weighted by atomic mass is 16.5. The summed E-state index contributed by atoms with van der Waals surface area (Å²) in [5, 5.41) is 6.85. The molecule has 0 saturated carbocycles. The Labute approximate surface area is 117 Å². The molecule has 2 N–H and O–H groups in total. The van der Waals surface area contributed by atoms with E-state index in [-0.39, 0.29) is 0 Å². The summed E-state index contributed by atoms with van der Waals surface area (Å²) in [4.78, 5) is 0. The molecule has 0 radical (unpaired) electrons. The highest BCUT2D eigenvalue weighted by molar-refractivity contribution is 5.39. The Morgan fingerprint density at radius 3 is 2.42 bits per heavy atom. The summed E-state index contributed by atoms with van der Waals surface area (Å²) in [6, 6.07) is 6.99. The van der Waals surface area contributed by atoms with Crippen molar-refractivity contribution < 1.29 is 4.74 Å². The van der Waals surface area contributed by atoms with Crippen molar-refractivity contribution in [3.63, 3.8) is 0 Å². The number of benzene rings is 1. The van der Waals surface area contributed by atoms with Crippen molar-refractivity contribution in [3.05, 3.63) is 29.3 Å². The van der Waals surface area contributed by atoms with Crippen LogP contribution in [0.2, 0.25) is 0 Å². The number of hydrogen-bond donors (Lipinski definition) is 2. The maximum absolute atomic E-state index is 5.40. The molecular weight excluding hydrogens is 236 g/mol. The fourth-order valence-electron chi connectivity index (χ4n) is 2.03. The van der Waals surface area contributed by atoms with Gasteiger partial charge >= 0.3 is 0 Å². The van der Waals surface area contributed by atoms with Crippen LogP contribution in [-0.2, 0) is 6.54 Å². The third-order valence-electron chi connectivity index (χ3n) is 3.10. The average molecular weight is 264 g/mol. The van der Waals surface area contributed by atoms with E-state index in [0.29, 0.717) is 12.0 Å². The lowest BCUT2D eigenvalue weighted by atomic mass is 9.99. The van der Waals surface area contributed by atoms with Gasteiger partial charge in [-0.1, -0.05) is 39.8 Å². The summed E-state index contributed by atoms with van der Waals surface area (Å²) in [5.74, 6) is 1.47. The van der Waals surface area contributed by atoms with Gasteiger partial charge in [0.15, 0.2) is 0 Å². The Morgan fingerprint density at radius 1 is 1.11 bits per heavy atom. The van der Waals surface area contributed by atoms with Crippen LogP contribution in [0.15, 0.2) is 18.2 Å². The molecule has 1 rings (SSSR count). The van der Waals surface area contributed by atoms with Gasteiger partial charge in [-0.2, -0.15) is 0 Å². The first-order valence-corrected chi connectivity index (χ1v) is 7.15. The molecule has 3 nitrogen and oxygen atoms in total. The van der Waals surface area contributed by atoms with Crippen LogP contribution >= 0.6 is 0 Å². The Balaban J connectivity index is 2.48. The predicted octanol–water partition coefficient (Wildman–Crippen LogP) is 2.91. The molecule has 1 aromatic carbocycles. The maximum Gasteiger partial charge on any atom is 0.122 e. The van der Waals surface area contributed by atoms with Gasteiger partial charge < -0.3 is 15.4 Å². The molecule has 19 heavy (non-hydrogen) atoms. The van der Waals surface area contributed by atoms with Crippen molar-refractivity contribution in [1.29, 1.82) is 0 Å². The van der Waals surface area contributed by atoms with E-state index in [1.54, 1.807) is 7.11 Å². The summed E-state index contributed by atoms with van der Waals surface area (Å²) in [6.07, 6.45) is 0. The molecular formula is C16H28N2O. The summed E-state index contributed by atoms with van der Waals surface area (Å²) in [5.41, 5.74) is 2.59. The van der Waals surface area contributed by atoms with E-state index in [1.165, 1.54) is 11.1 Å². The van der Waals surface area contributed by atoms with Crippen LogP contribution in [0, 0.1) is 0 Å². The lowest BCUT2D eigenvalue weighted by Crippen LogP contribution is -2.31. The predicted molar refractivity (Wildman–Crippen MR) is 81.9 cm³/mol. The van der Waals surface area contributed by atoms with Crippen LogP contribution in [0.1, 0.15) is 44.7 Å². The molecule has 108 valence electrons. The first-order valence-electron chi connectivity index (χ1n) is 7.15. The second-order valence-corrected chi connectivity index (χ2v) is 5.52. The minimum absolute atomic E-state index is 0.484. The average Bonchev–Trinajstić information content (AvgIpc) is 2.37. The number of nitrogens with one attached hydrogen (secondary N) is 2. The van der Waals surface area contributed by atoms with Crippen LogP contribution in [0.3, 0.4) is 0 Å². The summed E-state index contributed by atoms with van der Waals surface area (Å²) < 4.78 is 5.40. The quantitative estimate of drug-likeness (QED) is 0.708. The van der Waals surface area contributed by atoms with Crippen molar-refractivity contribution in [2.75, 3.05) is 20.2 Å². The fourth-order valence-corrected chi connectivity index (χ4v) is 2.03. The Hall–Kier alpha value is -1.06. The van der Waals surface area contributed by atoms with Crippen LogP contribution in [0.5, 0.6) is 5.75 Å². The van der Waals surface area contributed by atoms with Gasteiger partial charge in [-0.15, -0.1) is 0 Å². The second kappa shape index (κ2) is 8.18. The smallest absolute Gasteiger partial charge is 0.122 e. The third kappa shape index (κ3) is 5.62. The minimum atomic E-state index is 0.484. The highest BCUT2D eigenvalue weighted by Gasteiger charge is 2.07. The minimum Gasteiger partial charge on any atom is -0.496 e. The highest BCUT2D eigenvalue weighted by Crippen LogP contribution is 2.27. The fraction of sp³-hybridized carbons (Fsp3) is 0.625. The van der Waals surface area contributed by atoms with E-state index >= 15 is 0 Å². The lowest BCUT2D eigenvalue weighted by Gasteiger charge is -2.14. The van der Waals surface area contributed by atoms with Gasteiger partial charge in [-0.05, 0) is 23.1 Å². The van der Waals surface area contributed by atoms with E-state index in [0.717, 1.165) is 25.4 Å². The van der Waals surface area contributed by atoms with Gasteiger partial charge in [0, 0.05) is 25.7 Å². The first-order chi connectivity index (χ1) is 9.04. The van der Waals surface area contributed by atoms with E-state index in [9.17, 15) is 0 Å². The maximum atomic E-state index is 5.40. The van der Waals surface area contributed by atoms with E-state index < -0.39 is 0 Å². The molecule has 0 amide bonds. The molecule has 0 spiro atoms. The number of ether oxygens (including phenoxy) is 1. The van der Waals surface area contributed by atoms with Crippen LogP contribution in [-0.4, -0.2) is 26.2 Å². The van der Waals surface area contributed by atoms with Gasteiger partial charge in [0.05, 0.1) is 7.11 Å². The van der Waals surface area contributed by atoms with Gasteiger partial charge in [0.1, 0.15) is 5.75 Å². The topological polar surface area (TPSA) is 33.3 Å². The molecule has 0 bridgehead atoms. The molecule has 0 heterocycles. The summed E-state index contributed by atoms with van der Waals surface area (Å²) in [6.45, 7) is 11.6. The van der Waals surface area contributed by atoms with Crippen LogP contribution < -0.4 is 15.4 Å². The van der Waals surface area contributed by atoms with Gasteiger partial charge in [-0.3, -0.25) is 0 Å². The molecule has 0 saturated heterocycles. The van der Waals surface area contributed by atoms with Crippen molar-refractivity contribution in [2.45, 2.75) is 46.2 Å². The van der Waals surface area contributed by atoms with Crippen molar-refractivity contribution >= 4 is 0 Å². The SMILES string of the molecule is COc1ccc(CNCCNC(C)C)cc1C(C)C. The standard InChI is InChI=1S/C16H28N2O/c1-12(2)15-10-14(6-7-16(15)19-5)11-17-8-9-18-13(3)4/h6-7,10,12-13,17-18H,8-9,11H2,1-5H3. The van der Waals surface area contributed by atoms with E-state index in [4.69, 9.17) is 4.74 Å². The van der Waals surface area contributed by atoms with Gasteiger partial charge in [0.2, 0.25) is 0 Å². The van der Waals surface area contributed by atoms with Crippen molar-refractivity contribution in [3.8, 4) is 5.75 Å². The van der Waals surface area contributed by atoms with Crippen molar-refractivity contribution in [1.82, 2.24) is 10.6 Å². The molecule has 1 aromatic rings. The number of hydrogen-bond acceptors (Lipinski definition) is 3. The first kappa shape index (κ1) is 16.0. The lowest BCUT2D eigenvalue weighted by molar-refractivity contribution is 0.407. The zero-order valence-electron chi connectivity index (χ0n) is 12.9. The molecule has 0 aliphatic rings. The third-order valence-corrected chi connectivity index (χ3v) is 3.10. The van der Waals surface area contributed by atoms with Crippen molar-refractivity contribution in [2.24, 2.45) is 0 Å². The van der Waals surface area contributed by atoms with Crippen LogP contribution in [0.4, 0.5) is 0 Å².